The Labute approximate surface area is 211 Å². The number of aliphatic hydroxyl groups is 1. The quantitative estimate of drug-likeness (QED) is 0.423. The van der Waals surface area contributed by atoms with Crippen LogP contribution < -0.4 is 11.1 Å². The fourth-order valence-corrected chi connectivity index (χ4v) is 6.22. The lowest BCUT2D eigenvalue weighted by Crippen LogP contribution is -2.39. The highest BCUT2D eigenvalue weighted by Crippen LogP contribution is 2.40. The van der Waals surface area contributed by atoms with Gasteiger partial charge in [0.05, 0.1) is 28.2 Å². The van der Waals surface area contributed by atoms with Crippen molar-refractivity contribution < 1.29 is 27.1 Å². The SMILES string of the molecule is CC(C)(O)c1cc(F)c(-c2cc(C(N)=O)c(Nc3ccc(CN4CCS(=O)(=O)CC4)cn3)s2)c(F)c1. The number of primary amides is 1. The van der Waals surface area contributed by atoms with Crippen LogP contribution in [0.25, 0.3) is 10.4 Å². The first kappa shape index (κ1) is 26.1. The molecular weight excluding hydrogens is 510 g/mol. The molecule has 0 saturated carbocycles. The molecule has 12 heteroatoms. The molecule has 0 atom stereocenters. The van der Waals surface area contributed by atoms with E-state index in [1.165, 1.54) is 19.9 Å². The first-order valence-corrected chi connectivity index (χ1v) is 13.8. The molecule has 1 fully saturated rings. The van der Waals surface area contributed by atoms with Crippen LogP contribution in [0, 0.1) is 11.6 Å². The minimum atomic E-state index is -2.95. The molecule has 0 bridgehead atoms. The number of sulfone groups is 1. The molecule has 1 amide bonds. The van der Waals surface area contributed by atoms with Gasteiger partial charge in [-0.25, -0.2) is 22.2 Å². The molecule has 8 nitrogen and oxygen atoms in total. The van der Waals surface area contributed by atoms with Gasteiger partial charge in [0, 0.05) is 30.7 Å². The van der Waals surface area contributed by atoms with Gasteiger partial charge in [-0.2, -0.15) is 0 Å². The Morgan fingerprint density at radius 3 is 2.36 bits per heavy atom. The van der Waals surface area contributed by atoms with Crippen LogP contribution in [0.1, 0.15) is 35.3 Å². The summed E-state index contributed by atoms with van der Waals surface area (Å²) in [7, 11) is -2.95. The number of hydrogen-bond acceptors (Lipinski definition) is 8. The van der Waals surface area contributed by atoms with Crippen molar-refractivity contribution in [2.45, 2.75) is 26.0 Å². The lowest BCUT2D eigenvalue weighted by Gasteiger charge is -2.26. The summed E-state index contributed by atoms with van der Waals surface area (Å²) in [5.41, 5.74) is 4.78. The summed E-state index contributed by atoms with van der Waals surface area (Å²) in [6.07, 6.45) is 1.64. The van der Waals surface area contributed by atoms with Crippen LogP contribution in [0.3, 0.4) is 0 Å². The van der Waals surface area contributed by atoms with Gasteiger partial charge < -0.3 is 16.2 Å². The molecule has 1 aliphatic heterocycles. The van der Waals surface area contributed by atoms with Crippen molar-refractivity contribution in [1.82, 2.24) is 9.88 Å². The number of aromatic nitrogens is 1. The first-order chi connectivity index (χ1) is 16.8. The van der Waals surface area contributed by atoms with Crippen LogP contribution in [-0.4, -0.2) is 53.9 Å². The average Bonchev–Trinajstić information content (AvgIpc) is 3.19. The molecule has 2 aromatic heterocycles. The zero-order valence-electron chi connectivity index (χ0n) is 19.7. The maximum Gasteiger partial charge on any atom is 0.251 e. The van der Waals surface area contributed by atoms with Gasteiger partial charge in [-0.15, -0.1) is 11.3 Å². The van der Waals surface area contributed by atoms with Crippen molar-refractivity contribution in [1.29, 1.82) is 0 Å². The van der Waals surface area contributed by atoms with Crippen molar-refractivity contribution in [3.05, 3.63) is 64.9 Å². The van der Waals surface area contributed by atoms with E-state index in [-0.39, 0.29) is 38.1 Å². The number of benzene rings is 1. The normalized spacial score (nSPS) is 16.1. The predicted octanol–water partition coefficient (Wildman–Crippen LogP) is 3.39. The Morgan fingerprint density at radius 1 is 1.19 bits per heavy atom. The van der Waals surface area contributed by atoms with Crippen molar-refractivity contribution in [2.24, 2.45) is 5.73 Å². The number of hydrogen-bond donors (Lipinski definition) is 3. The molecule has 0 unspecified atom stereocenters. The van der Waals surface area contributed by atoms with Gasteiger partial charge in [0.25, 0.3) is 5.91 Å². The fraction of sp³-hybridized carbons (Fsp3) is 0.333. The molecular formula is C24H26F2N4O4S2. The summed E-state index contributed by atoms with van der Waals surface area (Å²) in [6, 6.07) is 6.96. The number of thiophene rings is 1. The molecule has 1 aromatic carbocycles. The third-order valence-electron chi connectivity index (χ3n) is 5.90. The summed E-state index contributed by atoms with van der Waals surface area (Å²) >= 11 is 0.950. The number of nitrogens with two attached hydrogens (primary N) is 1. The largest absolute Gasteiger partial charge is 0.386 e. The van der Waals surface area contributed by atoms with E-state index in [9.17, 15) is 27.1 Å². The smallest absolute Gasteiger partial charge is 0.251 e. The lowest BCUT2D eigenvalue weighted by atomic mass is 9.96. The van der Waals surface area contributed by atoms with E-state index in [4.69, 9.17) is 5.73 Å². The van der Waals surface area contributed by atoms with Crippen LogP contribution >= 0.6 is 11.3 Å². The second-order valence-corrected chi connectivity index (χ2v) is 12.6. The highest BCUT2D eigenvalue weighted by molar-refractivity contribution is 7.91. The average molecular weight is 537 g/mol. The van der Waals surface area contributed by atoms with E-state index in [2.05, 4.69) is 10.3 Å². The molecule has 0 aliphatic carbocycles. The van der Waals surface area contributed by atoms with Gasteiger partial charge in [-0.3, -0.25) is 9.69 Å². The Balaban J connectivity index is 1.55. The lowest BCUT2D eigenvalue weighted by molar-refractivity contribution is 0.0778. The molecule has 0 spiro atoms. The second-order valence-electron chi connectivity index (χ2n) is 9.20. The molecule has 4 rings (SSSR count). The third-order valence-corrected chi connectivity index (χ3v) is 8.58. The monoisotopic (exact) mass is 536 g/mol. The molecule has 0 radical (unpaired) electrons. The predicted molar refractivity (Wildman–Crippen MR) is 135 cm³/mol. The zero-order valence-corrected chi connectivity index (χ0v) is 21.3. The van der Waals surface area contributed by atoms with E-state index >= 15 is 0 Å². The maximum atomic E-state index is 14.8. The van der Waals surface area contributed by atoms with E-state index in [0.717, 1.165) is 29.0 Å². The summed E-state index contributed by atoms with van der Waals surface area (Å²) in [5.74, 6) is -1.84. The number of nitrogens with one attached hydrogen (secondary N) is 1. The number of halogens is 2. The number of rotatable bonds is 7. The van der Waals surface area contributed by atoms with Crippen molar-refractivity contribution in [3.8, 4) is 10.4 Å². The van der Waals surface area contributed by atoms with Gasteiger partial charge >= 0.3 is 0 Å². The number of anilines is 2. The fourth-order valence-electron chi connectivity index (χ4n) is 3.83. The van der Waals surface area contributed by atoms with E-state index in [1.54, 1.807) is 12.3 Å². The highest BCUT2D eigenvalue weighted by Gasteiger charge is 2.25. The van der Waals surface area contributed by atoms with E-state index in [1.807, 2.05) is 11.0 Å². The Hall–Kier alpha value is -2.93. The number of amides is 1. The van der Waals surface area contributed by atoms with Gasteiger partial charge in [0.2, 0.25) is 0 Å². The van der Waals surface area contributed by atoms with Crippen LogP contribution in [0.4, 0.5) is 19.6 Å². The molecule has 192 valence electrons. The zero-order chi connectivity index (χ0) is 26.3. The van der Waals surface area contributed by atoms with Gasteiger partial charge in [0.15, 0.2) is 9.84 Å². The molecule has 3 heterocycles. The van der Waals surface area contributed by atoms with Crippen LogP contribution in [0.15, 0.2) is 36.5 Å². The van der Waals surface area contributed by atoms with Gasteiger partial charge in [-0.1, -0.05) is 6.07 Å². The summed E-state index contributed by atoms with van der Waals surface area (Å²) in [5, 5.41) is 13.4. The second kappa shape index (κ2) is 9.85. The molecule has 1 aliphatic rings. The van der Waals surface area contributed by atoms with E-state index in [0.29, 0.717) is 25.5 Å². The van der Waals surface area contributed by atoms with E-state index < -0.39 is 33.0 Å². The number of nitrogens with zero attached hydrogens (tertiary/aromatic N) is 2. The highest BCUT2D eigenvalue weighted by atomic mass is 32.2. The van der Waals surface area contributed by atoms with Crippen LogP contribution in [-0.2, 0) is 22.0 Å². The summed E-state index contributed by atoms with van der Waals surface area (Å²) in [6.45, 7) is 4.33. The molecule has 1 saturated heterocycles. The van der Waals surface area contributed by atoms with Gasteiger partial charge in [-0.05, 0) is 49.2 Å². The first-order valence-electron chi connectivity index (χ1n) is 11.1. The maximum absolute atomic E-state index is 14.8. The molecule has 4 N–H and O–H groups in total. The Bertz CT molecular complexity index is 1360. The number of carbonyl (C=O) groups excluding carboxylic acids is 1. The van der Waals surface area contributed by atoms with Crippen LogP contribution in [0.2, 0.25) is 0 Å². The Kier molecular flexibility index (Phi) is 7.15. The van der Waals surface area contributed by atoms with Crippen molar-refractivity contribution in [2.75, 3.05) is 29.9 Å². The van der Waals surface area contributed by atoms with Gasteiger partial charge in [0.1, 0.15) is 22.5 Å². The number of carbonyl (C=O) groups is 1. The standard InChI is InChI=1S/C24H26F2N4O4S2/c1-24(2,32)15-9-17(25)21(18(26)10-15)19-11-16(22(27)31)23(35-19)29-20-4-3-14(12-28-20)13-30-5-7-36(33,34)8-6-30/h3-4,9-12,32H,5-8,13H2,1-2H3,(H2,27,31)(H,28,29). The van der Waals surface area contributed by atoms with Crippen molar-refractivity contribution in [3.63, 3.8) is 0 Å². The minimum absolute atomic E-state index is 0.0563. The third kappa shape index (κ3) is 5.89. The Morgan fingerprint density at radius 2 is 1.83 bits per heavy atom. The minimum Gasteiger partial charge on any atom is -0.386 e. The number of pyridine rings is 1. The molecule has 3 aromatic rings. The van der Waals surface area contributed by atoms with Crippen molar-refractivity contribution >= 4 is 37.9 Å². The summed E-state index contributed by atoms with van der Waals surface area (Å²) in [4.78, 5) is 18.6. The molecule has 36 heavy (non-hydrogen) atoms. The van der Waals surface area contributed by atoms with Crippen LogP contribution in [0.5, 0.6) is 0 Å². The summed E-state index contributed by atoms with van der Waals surface area (Å²) < 4.78 is 52.9. The topological polar surface area (TPSA) is 126 Å².